The third-order valence-corrected chi connectivity index (χ3v) is 3.23. The summed E-state index contributed by atoms with van der Waals surface area (Å²) in [6.45, 7) is 3.73. The molecule has 2 rings (SSSR count). The van der Waals surface area contributed by atoms with Gasteiger partial charge in [0.25, 0.3) is 5.91 Å². The molecule has 23 heavy (non-hydrogen) atoms. The van der Waals surface area contributed by atoms with E-state index in [9.17, 15) is 4.79 Å². The molecule has 6 nitrogen and oxygen atoms in total. The summed E-state index contributed by atoms with van der Waals surface area (Å²) in [4.78, 5) is 22.8. The van der Waals surface area contributed by atoms with Gasteiger partial charge in [-0.25, -0.2) is 9.97 Å². The van der Waals surface area contributed by atoms with Crippen LogP contribution in [0.15, 0.2) is 36.5 Å². The van der Waals surface area contributed by atoms with Crippen LogP contribution in [-0.2, 0) is 0 Å². The molecule has 0 aliphatic rings. The molecule has 1 heterocycles. The zero-order chi connectivity index (χ0) is 16.7. The highest BCUT2D eigenvalue weighted by Gasteiger charge is 2.09. The van der Waals surface area contributed by atoms with E-state index in [1.807, 2.05) is 45.3 Å². The molecule has 1 aromatic heterocycles. The fraction of sp³-hybridized carbons (Fsp3) is 0.353. The average molecular weight is 313 g/mol. The van der Waals surface area contributed by atoms with Crippen molar-refractivity contribution in [1.29, 1.82) is 0 Å². The summed E-state index contributed by atoms with van der Waals surface area (Å²) >= 11 is 0. The summed E-state index contributed by atoms with van der Waals surface area (Å²) < 4.78 is 0. The van der Waals surface area contributed by atoms with E-state index in [-0.39, 0.29) is 5.91 Å². The van der Waals surface area contributed by atoms with E-state index in [2.05, 4.69) is 25.5 Å². The molecule has 2 N–H and O–H groups in total. The van der Waals surface area contributed by atoms with E-state index in [0.29, 0.717) is 11.6 Å². The zero-order valence-corrected chi connectivity index (χ0v) is 13.8. The smallest absolute Gasteiger partial charge is 0.274 e. The first kappa shape index (κ1) is 16.9. The summed E-state index contributed by atoms with van der Waals surface area (Å²) in [6.07, 6.45) is 2.57. The fourth-order valence-corrected chi connectivity index (χ4v) is 2.08. The Morgan fingerprint density at radius 2 is 2.09 bits per heavy atom. The molecule has 0 atom stereocenters. The number of aryl methyl sites for hydroxylation is 1. The van der Waals surface area contributed by atoms with Crippen molar-refractivity contribution in [1.82, 2.24) is 14.9 Å². The van der Waals surface area contributed by atoms with Crippen molar-refractivity contribution in [2.24, 2.45) is 0 Å². The topological polar surface area (TPSA) is 70.2 Å². The minimum Gasteiger partial charge on any atom is -0.354 e. The average Bonchev–Trinajstić information content (AvgIpc) is 2.52. The first-order valence-corrected chi connectivity index (χ1v) is 7.64. The number of rotatable bonds is 7. The van der Waals surface area contributed by atoms with Gasteiger partial charge in [0.15, 0.2) is 0 Å². The number of nitrogens with one attached hydrogen (secondary N) is 2. The summed E-state index contributed by atoms with van der Waals surface area (Å²) in [5, 5.41) is 5.98. The van der Waals surface area contributed by atoms with Crippen LogP contribution in [0.5, 0.6) is 0 Å². The van der Waals surface area contributed by atoms with Crippen molar-refractivity contribution >= 4 is 17.5 Å². The maximum Gasteiger partial charge on any atom is 0.274 e. The first-order chi connectivity index (χ1) is 11.0. The number of hydrogen-bond donors (Lipinski definition) is 2. The van der Waals surface area contributed by atoms with Gasteiger partial charge >= 0.3 is 0 Å². The van der Waals surface area contributed by atoms with Crippen LogP contribution < -0.4 is 10.6 Å². The second-order valence-corrected chi connectivity index (χ2v) is 5.67. The molecule has 0 saturated heterocycles. The van der Waals surface area contributed by atoms with Gasteiger partial charge in [0.1, 0.15) is 5.69 Å². The number of carbonyl (C=O) groups excluding carboxylic acids is 1. The molecule has 6 heteroatoms. The Morgan fingerprint density at radius 1 is 1.26 bits per heavy atom. The molecule has 2 aromatic rings. The maximum absolute atomic E-state index is 12.3. The van der Waals surface area contributed by atoms with Gasteiger partial charge in [0.05, 0.1) is 0 Å². The predicted octanol–water partition coefficient (Wildman–Crippen LogP) is 2.40. The minimum absolute atomic E-state index is 0.241. The Hall–Kier alpha value is -2.47. The third kappa shape index (κ3) is 5.67. The Balaban J connectivity index is 1.94. The van der Waals surface area contributed by atoms with Crippen LogP contribution in [0, 0.1) is 6.92 Å². The van der Waals surface area contributed by atoms with Gasteiger partial charge in [-0.3, -0.25) is 4.79 Å². The molecule has 1 aromatic carbocycles. The zero-order valence-electron chi connectivity index (χ0n) is 13.8. The lowest BCUT2D eigenvalue weighted by Crippen LogP contribution is -2.18. The Labute approximate surface area is 137 Å². The molecule has 0 spiro atoms. The van der Waals surface area contributed by atoms with E-state index in [1.54, 1.807) is 12.3 Å². The Morgan fingerprint density at radius 3 is 2.83 bits per heavy atom. The van der Waals surface area contributed by atoms with Crippen molar-refractivity contribution in [2.45, 2.75) is 13.3 Å². The molecule has 1 amide bonds. The molecule has 0 radical (unpaired) electrons. The van der Waals surface area contributed by atoms with Gasteiger partial charge in [-0.05, 0) is 57.7 Å². The maximum atomic E-state index is 12.3. The molecular formula is C17H23N5O. The number of anilines is 2. The second-order valence-electron chi connectivity index (χ2n) is 5.67. The third-order valence-electron chi connectivity index (χ3n) is 3.23. The van der Waals surface area contributed by atoms with Crippen LogP contribution >= 0.6 is 0 Å². The largest absolute Gasteiger partial charge is 0.354 e. The second kappa shape index (κ2) is 8.24. The first-order valence-electron chi connectivity index (χ1n) is 7.64. The number of amides is 1. The minimum atomic E-state index is -0.241. The Kier molecular flexibility index (Phi) is 6.05. The van der Waals surface area contributed by atoms with Crippen molar-refractivity contribution in [3.63, 3.8) is 0 Å². The van der Waals surface area contributed by atoms with Crippen molar-refractivity contribution in [2.75, 3.05) is 37.8 Å². The summed E-state index contributed by atoms with van der Waals surface area (Å²) in [7, 11) is 4.07. The number of aromatic nitrogens is 2. The van der Waals surface area contributed by atoms with Crippen LogP contribution in [-0.4, -0.2) is 48.0 Å². The highest BCUT2D eigenvalue weighted by Crippen LogP contribution is 2.11. The summed E-state index contributed by atoms with van der Waals surface area (Å²) in [5.41, 5.74) is 2.19. The normalized spacial score (nSPS) is 10.6. The van der Waals surface area contributed by atoms with Crippen LogP contribution in [0.2, 0.25) is 0 Å². The van der Waals surface area contributed by atoms with Gasteiger partial charge in [0, 0.05) is 18.4 Å². The summed E-state index contributed by atoms with van der Waals surface area (Å²) in [5.74, 6) is 0.231. The monoisotopic (exact) mass is 313 g/mol. The lowest BCUT2D eigenvalue weighted by molar-refractivity contribution is 0.102. The number of hydrogen-bond acceptors (Lipinski definition) is 5. The molecule has 0 aliphatic heterocycles. The molecule has 0 aliphatic carbocycles. The highest BCUT2D eigenvalue weighted by atomic mass is 16.1. The van der Waals surface area contributed by atoms with Crippen LogP contribution in [0.1, 0.15) is 22.5 Å². The van der Waals surface area contributed by atoms with Gasteiger partial charge in [0.2, 0.25) is 5.95 Å². The van der Waals surface area contributed by atoms with E-state index in [1.165, 1.54) is 0 Å². The lowest BCUT2D eigenvalue weighted by atomic mass is 10.2. The van der Waals surface area contributed by atoms with Crippen molar-refractivity contribution < 1.29 is 4.79 Å². The van der Waals surface area contributed by atoms with Gasteiger partial charge in [-0.1, -0.05) is 12.1 Å². The van der Waals surface area contributed by atoms with Crippen molar-refractivity contribution in [3.05, 3.63) is 47.8 Å². The molecular weight excluding hydrogens is 290 g/mol. The lowest BCUT2D eigenvalue weighted by Gasteiger charge is -2.10. The molecule has 0 unspecified atom stereocenters. The van der Waals surface area contributed by atoms with Crippen molar-refractivity contribution in [3.8, 4) is 0 Å². The predicted molar refractivity (Wildman–Crippen MR) is 92.8 cm³/mol. The highest BCUT2D eigenvalue weighted by molar-refractivity contribution is 6.02. The van der Waals surface area contributed by atoms with Gasteiger partial charge in [-0.15, -0.1) is 0 Å². The molecule has 0 bridgehead atoms. The molecule has 122 valence electrons. The van der Waals surface area contributed by atoms with Crippen LogP contribution in [0.3, 0.4) is 0 Å². The van der Waals surface area contributed by atoms with Crippen LogP contribution in [0.4, 0.5) is 11.6 Å². The molecule has 0 fully saturated rings. The summed E-state index contributed by atoms with van der Waals surface area (Å²) in [6, 6.07) is 9.26. The van der Waals surface area contributed by atoms with Gasteiger partial charge in [-0.2, -0.15) is 0 Å². The van der Waals surface area contributed by atoms with E-state index in [0.717, 1.165) is 30.8 Å². The number of benzene rings is 1. The van der Waals surface area contributed by atoms with E-state index in [4.69, 9.17) is 0 Å². The molecule has 0 saturated carbocycles. The number of nitrogens with zero attached hydrogens (tertiary/aromatic N) is 3. The Bertz CT molecular complexity index is 657. The SMILES string of the molecule is Cc1cccc(NC(=O)c2ccnc(NCCCN(C)C)n2)c1. The van der Waals surface area contributed by atoms with E-state index < -0.39 is 0 Å². The van der Waals surface area contributed by atoms with Crippen LogP contribution in [0.25, 0.3) is 0 Å². The fourth-order valence-electron chi connectivity index (χ4n) is 2.08. The number of carbonyl (C=O) groups is 1. The van der Waals surface area contributed by atoms with E-state index >= 15 is 0 Å². The van der Waals surface area contributed by atoms with Gasteiger partial charge < -0.3 is 15.5 Å². The quantitative estimate of drug-likeness (QED) is 0.768. The standard InChI is InChI=1S/C17H23N5O/c1-13-6-4-7-14(12-13)20-16(23)15-8-10-19-17(21-15)18-9-5-11-22(2)3/h4,6-8,10,12H,5,9,11H2,1-3H3,(H,20,23)(H,18,19,21).